The first kappa shape index (κ1) is 17.2. The van der Waals surface area contributed by atoms with Gasteiger partial charge >= 0.3 is 0 Å². The number of amides is 1. The highest BCUT2D eigenvalue weighted by Crippen LogP contribution is 2.27. The molecular weight excluding hydrogens is 290 g/mol. The Morgan fingerprint density at radius 3 is 2.35 bits per heavy atom. The smallest absolute Gasteiger partial charge is 0.254 e. The van der Waals surface area contributed by atoms with E-state index in [0.29, 0.717) is 0 Å². The first-order valence-electron chi connectivity index (χ1n) is 9.51. The zero-order valence-corrected chi connectivity index (χ0v) is 14.7. The molecule has 23 heavy (non-hydrogen) atoms. The summed E-state index contributed by atoms with van der Waals surface area (Å²) >= 11 is 0. The molecule has 0 aromatic rings. The summed E-state index contributed by atoms with van der Waals surface area (Å²) in [6, 6.07) is 0. The van der Waals surface area contributed by atoms with Crippen molar-refractivity contribution in [2.75, 3.05) is 52.9 Å². The molecule has 1 amide bonds. The second kappa shape index (κ2) is 7.95. The lowest BCUT2D eigenvalue weighted by atomic mass is 9.88. The Morgan fingerprint density at radius 1 is 1.09 bits per heavy atom. The standard InChI is InChI=1S/C18H33N3O2/c1-23-18(7-9-19-10-8-18)17(22)21-13-11-20(12-14-21)15-16-5-3-2-4-6-16/h16,19H,2-15H2,1H3. The van der Waals surface area contributed by atoms with Crippen LogP contribution < -0.4 is 5.32 Å². The summed E-state index contributed by atoms with van der Waals surface area (Å²) in [6.07, 6.45) is 8.64. The molecule has 1 aliphatic carbocycles. The molecule has 3 rings (SSSR count). The molecular formula is C18H33N3O2. The van der Waals surface area contributed by atoms with Crippen LogP contribution in [0.2, 0.25) is 0 Å². The molecule has 0 unspecified atom stereocenters. The quantitative estimate of drug-likeness (QED) is 0.851. The molecule has 132 valence electrons. The Morgan fingerprint density at radius 2 is 1.74 bits per heavy atom. The lowest BCUT2D eigenvalue weighted by Gasteiger charge is -2.42. The van der Waals surface area contributed by atoms with Gasteiger partial charge < -0.3 is 15.0 Å². The summed E-state index contributed by atoms with van der Waals surface area (Å²) in [6.45, 7) is 6.78. The van der Waals surface area contributed by atoms with Crippen LogP contribution in [-0.4, -0.2) is 74.2 Å². The van der Waals surface area contributed by atoms with Gasteiger partial charge in [0.1, 0.15) is 5.60 Å². The second-order valence-corrected chi connectivity index (χ2v) is 7.55. The van der Waals surface area contributed by atoms with Gasteiger partial charge in [0.25, 0.3) is 5.91 Å². The lowest BCUT2D eigenvalue weighted by molar-refractivity contribution is -0.160. The van der Waals surface area contributed by atoms with E-state index < -0.39 is 5.60 Å². The number of nitrogens with zero attached hydrogens (tertiary/aromatic N) is 2. The van der Waals surface area contributed by atoms with Crippen LogP contribution in [0.3, 0.4) is 0 Å². The van der Waals surface area contributed by atoms with Gasteiger partial charge in [-0.3, -0.25) is 9.69 Å². The van der Waals surface area contributed by atoms with E-state index in [1.807, 2.05) is 4.90 Å². The molecule has 0 bridgehead atoms. The van der Waals surface area contributed by atoms with Gasteiger partial charge in [-0.1, -0.05) is 19.3 Å². The maximum absolute atomic E-state index is 13.0. The number of hydrogen-bond donors (Lipinski definition) is 1. The Balaban J connectivity index is 1.48. The Bertz CT molecular complexity index is 382. The van der Waals surface area contributed by atoms with Gasteiger partial charge in [0, 0.05) is 39.8 Å². The van der Waals surface area contributed by atoms with Crippen molar-refractivity contribution in [3.63, 3.8) is 0 Å². The number of rotatable bonds is 4. The van der Waals surface area contributed by atoms with Crippen LogP contribution in [0.15, 0.2) is 0 Å². The number of piperazine rings is 1. The average Bonchev–Trinajstić information content (AvgIpc) is 2.63. The molecule has 2 heterocycles. The Hall–Kier alpha value is -0.650. The molecule has 0 spiro atoms. The van der Waals surface area contributed by atoms with Gasteiger partial charge in [-0.25, -0.2) is 0 Å². The number of hydrogen-bond acceptors (Lipinski definition) is 4. The lowest BCUT2D eigenvalue weighted by Crippen LogP contribution is -2.59. The van der Waals surface area contributed by atoms with E-state index in [9.17, 15) is 4.79 Å². The number of piperidine rings is 1. The summed E-state index contributed by atoms with van der Waals surface area (Å²) in [5, 5.41) is 3.33. The van der Waals surface area contributed by atoms with Crippen LogP contribution in [0.5, 0.6) is 0 Å². The van der Waals surface area contributed by atoms with Crippen molar-refractivity contribution in [2.24, 2.45) is 5.92 Å². The molecule has 5 heteroatoms. The van der Waals surface area contributed by atoms with Gasteiger partial charge in [-0.05, 0) is 44.7 Å². The first-order chi connectivity index (χ1) is 11.2. The van der Waals surface area contributed by atoms with Crippen molar-refractivity contribution in [1.29, 1.82) is 0 Å². The predicted molar refractivity (Wildman–Crippen MR) is 91.4 cm³/mol. The molecule has 0 radical (unpaired) electrons. The molecule has 2 saturated heterocycles. The molecule has 2 aliphatic heterocycles. The fraction of sp³-hybridized carbons (Fsp3) is 0.944. The average molecular weight is 323 g/mol. The topological polar surface area (TPSA) is 44.8 Å². The zero-order chi connectivity index (χ0) is 16.1. The van der Waals surface area contributed by atoms with Crippen LogP contribution in [0.1, 0.15) is 44.9 Å². The number of methoxy groups -OCH3 is 1. The van der Waals surface area contributed by atoms with E-state index in [2.05, 4.69) is 10.2 Å². The maximum Gasteiger partial charge on any atom is 0.254 e. The maximum atomic E-state index is 13.0. The van der Waals surface area contributed by atoms with E-state index >= 15 is 0 Å². The normalized spacial score (nSPS) is 27.1. The molecule has 0 aromatic heterocycles. The Kier molecular flexibility index (Phi) is 5.94. The second-order valence-electron chi connectivity index (χ2n) is 7.55. The van der Waals surface area contributed by atoms with Gasteiger partial charge in [0.15, 0.2) is 0 Å². The number of ether oxygens (including phenoxy) is 1. The summed E-state index contributed by atoms with van der Waals surface area (Å²) in [7, 11) is 1.70. The highest BCUT2D eigenvalue weighted by molar-refractivity contribution is 5.85. The van der Waals surface area contributed by atoms with E-state index in [0.717, 1.165) is 58.0 Å². The molecule has 3 aliphatic rings. The van der Waals surface area contributed by atoms with Gasteiger partial charge in [-0.15, -0.1) is 0 Å². The van der Waals surface area contributed by atoms with Crippen molar-refractivity contribution in [3.8, 4) is 0 Å². The monoisotopic (exact) mass is 323 g/mol. The highest BCUT2D eigenvalue weighted by Gasteiger charge is 2.43. The minimum atomic E-state index is -0.573. The van der Waals surface area contributed by atoms with Gasteiger partial charge in [-0.2, -0.15) is 0 Å². The largest absolute Gasteiger partial charge is 0.368 e. The van der Waals surface area contributed by atoms with Crippen LogP contribution in [0.4, 0.5) is 0 Å². The Labute approximate surface area is 140 Å². The molecule has 1 saturated carbocycles. The van der Waals surface area contributed by atoms with E-state index in [4.69, 9.17) is 4.74 Å². The van der Waals surface area contributed by atoms with Crippen LogP contribution >= 0.6 is 0 Å². The van der Waals surface area contributed by atoms with Crippen molar-refractivity contribution in [2.45, 2.75) is 50.5 Å². The molecule has 3 fully saturated rings. The summed E-state index contributed by atoms with van der Waals surface area (Å²) in [5.74, 6) is 1.11. The van der Waals surface area contributed by atoms with Crippen molar-refractivity contribution >= 4 is 5.91 Å². The third kappa shape index (κ3) is 4.06. The summed E-state index contributed by atoms with van der Waals surface area (Å²) in [5.41, 5.74) is -0.573. The van der Waals surface area contributed by atoms with Crippen molar-refractivity contribution in [1.82, 2.24) is 15.1 Å². The van der Waals surface area contributed by atoms with Crippen molar-refractivity contribution < 1.29 is 9.53 Å². The number of carbonyl (C=O) groups excluding carboxylic acids is 1. The molecule has 0 atom stereocenters. The summed E-state index contributed by atoms with van der Waals surface area (Å²) in [4.78, 5) is 17.6. The van der Waals surface area contributed by atoms with E-state index in [-0.39, 0.29) is 5.91 Å². The van der Waals surface area contributed by atoms with Gasteiger partial charge in [0.2, 0.25) is 0 Å². The first-order valence-corrected chi connectivity index (χ1v) is 9.51. The molecule has 1 N–H and O–H groups in total. The SMILES string of the molecule is COC1(C(=O)N2CCN(CC3CCCCC3)CC2)CCNCC1. The van der Waals surface area contributed by atoms with E-state index in [1.165, 1.54) is 38.6 Å². The third-order valence-corrected chi connectivity index (χ3v) is 6.09. The fourth-order valence-corrected chi connectivity index (χ4v) is 4.49. The highest BCUT2D eigenvalue weighted by atomic mass is 16.5. The van der Waals surface area contributed by atoms with E-state index in [1.54, 1.807) is 7.11 Å². The van der Waals surface area contributed by atoms with Crippen molar-refractivity contribution in [3.05, 3.63) is 0 Å². The van der Waals surface area contributed by atoms with Crippen LogP contribution in [0.25, 0.3) is 0 Å². The predicted octanol–water partition coefficient (Wildman–Crippen LogP) is 1.48. The van der Waals surface area contributed by atoms with Gasteiger partial charge in [0.05, 0.1) is 0 Å². The minimum Gasteiger partial charge on any atom is -0.368 e. The number of nitrogens with one attached hydrogen (secondary N) is 1. The van der Waals surface area contributed by atoms with Crippen LogP contribution in [0, 0.1) is 5.92 Å². The number of carbonyl (C=O) groups is 1. The molecule has 5 nitrogen and oxygen atoms in total. The fourth-order valence-electron chi connectivity index (χ4n) is 4.49. The third-order valence-electron chi connectivity index (χ3n) is 6.09. The molecule has 0 aromatic carbocycles. The van der Waals surface area contributed by atoms with Crippen LogP contribution in [-0.2, 0) is 9.53 Å². The zero-order valence-electron chi connectivity index (χ0n) is 14.7. The minimum absolute atomic E-state index is 0.221. The summed E-state index contributed by atoms with van der Waals surface area (Å²) < 4.78 is 5.70.